The molecule has 0 aromatic heterocycles. The van der Waals surface area contributed by atoms with E-state index in [-0.39, 0.29) is 16.9 Å². The normalized spacial score (nSPS) is 14.5. The highest BCUT2D eigenvalue weighted by Gasteiger charge is 2.24. The summed E-state index contributed by atoms with van der Waals surface area (Å²) in [7, 11) is 0. The summed E-state index contributed by atoms with van der Waals surface area (Å²) in [5.41, 5.74) is 7.89. The van der Waals surface area contributed by atoms with Crippen LogP contribution in [0.25, 0.3) is 0 Å². The molecule has 0 unspecified atom stereocenters. The van der Waals surface area contributed by atoms with Gasteiger partial charge in [0.25, 0.3) is 0 Å². The summed E-state index contributed by atoms with van der Waals surface area (Å²) in [6.45, 7) is 10.6. The van der Waals surface area contributed by atoms with Crippen LogP contribution in [0, 0.1) is 5.41 Å². The van der Waals surface area contributed by atoms with E-state index in [1.807, 2.05) is 13.8 Å². The Morgan fingerprint density at radius 1 is 1.23 bits per heavy atom. The molecule has 78 valence electrons. The molecule has 0 heterocycles. The number of hydrogen-bond donors (Lipinski definition) is 3. The van der Waals surface area contributed by atoms with E-state index in [2.05, 4.69) is 31.2 Å². The maximum Gasteiger partial charge on any atom is 0.203 e. The third-order valence-corrected chi connectivity index (χ3v) is 1.53. The molecule has 0 bridgehead atoms. The molecule has 0 aromatic rings. The van der Waals surface area contributed by atoms with E-state index in [1.165, 1.54) is 0 Å². The van der Waals surface area contributed by atoms with Crippen LogP contribution in [-0.4, -0.2) is 11.5 Å². The maximum atomic E-state index is 5.49. The van der Waals surface area contributed by atoms with Crippen LogP contribution < -0.4 is 17.0 Å². The number of nitrogens with two attached hydrogens (primary N) is 2. The lowest BCUT2D eigenvalue weighted by atomic mass is 9.82. The Labute approximate surface area is 80.8 Å². The van der Waals surface area contributed by atoms with Crippen molar-refractivity contribution < 1.29 is 0 Å². The molecule has 0 spiro atoms. The molecule has 4 heteroatoms. The lowest BCUT2D eigenvalue weighted by Crippen LogP contribution is -2.40. The first-order valence-corrected chi connectivity index (χ1v) is 4.48. The zero-order chi connectivity index (χ0) is 10.7. The number of rotatable bonds is 2. The maximum absolute atomic E-state index is 5.49. The minimum atomic E-state index is -0.172. The Bertz CT molecular complexity index is 188. The molecule has 4 nitrogen and oxygen atoms in total. The zero-order valence-corrected chi connectivity index (χ0v) is 9.31. The van der Waals surface area contributed by atoms with Crippen LogP contribution >= 0.6 is 0 Å². The molecule has 0 fully saturated rings. The SMILES string of the molecule is CC(C)(C)CC(C)(C)N=C(N)NN. The second kappa shape index (κ2) is 3.96. The van der Waals surface area contributed by atoms with Gasteiger partial charge in [-0.05, 0) is 25.7 Å². The summed E-state index contributed by atoms with van der Waals surface area (Å²) in [4.78, 5) is 4.27. The van der Waals surface area contributed by atoms with Crippen LogP contribution in [0.4, 0.5) is 0 Å². The molecule has 0 rings (SSSR count). The Morgan fingerprint density at radius 3 is 2.00 bits per heavy atom. The standard InChI is InChI=1S/C9H22N4/c1-8(2,3)6-9(4,5)12-7(10)13-11/h6,11H2,1-5H3,(H3,10,12,13). The number of aliphatic imine (C=N–C) groups is 1. The quantitative estimate of drug-likeness (QED) is 0.260. The van der Waals surface area contributed by atoms with Gasteiger partial charge in [0, 0.05) is 0 Å². The van der Waals surface area contributed by atoms with Crippen LogP contribution in [0.2, 0.25) is 0 Å². The Balaban J connectivity index is 4.41. The van der Waals surface area contributed by atoms with Gasteiger partial charge in [-0.1, -0.05) is 20.8 Å². The van der Waals surface area contributed by atoms with Crippen LogP contribution in [-0.2, 0) is 0 Å². The average molecular weight is 186 g/mol. The van der Waals surface area contributed by atoms with E-state index in [1.54, 1.807) is 0 Å². The molecule has 0 saturated heterocycles. The van der Waals surface area contributed by atoms with Gasteiger partial charge < -0.3 is 5.73 Å². The molecule has 0 aliphatic heterocycles. The van der Waals surface area contributed by atoms with Crippen molar-refractivity contribution in [2.45, 2.75) is 46.6 Å². The van der Waals surface area contributed by atoms with Gasteiger partial charge in [-0.15, -0.1) is 0 Å². The molecule has 0 atom stereocenters. The van der Waals surface area contributed by atoms with Crippen molar-refractivity contribution in [2.24, 2.45) is 22.0 Å². The van der Waals surface area contributed by atoms with Crippen molar-refractivity contribution in [1.82, 2.24) is 5.43 Å². The predicted octanol–water partition coefficient (Wildman–Crippen LogP) is 0.979. The molecular formula is C9H22N4. The molecule has 0 aliphatic rings. The van der Waals surface area contributed by atoms with Crippen molar-refractivity contribution in [3.63, 3.8) is 0 Å². The van der Waals surface area contributed by atoms with Crippen LogP contribution in [0.1, 0.15) is 41.0 Å². The first-order valence-electron chi connectivity index (χ1n) is 4.48. The second-order valence-corrected chi connectivity index (χ2v) is 5.19. The highest BCUT2D eigenvalue weighted by atomic mass is 15.3. The Morgan fingerprint density at radius 2 is 1.69 bits per heavy atom. The summed E-state index contributed by atoms with van der Waals surface area (Å²) in [5, 5.41) is 0. The number of nitrogens with one attached hydrogen (secondary N) is 1. The Hall–Kier alpha value is -0.770. The smallest absolute Gasteiger partial charge is 0.203 e. The fourth-order valence-electron chi connectivity index (χ4n) is 1.70. The number of nitrogens with zero attached hydrogens (tertiary/aromatic N) is 1. The van der Waals surface area contributed by atoms with E-state index in [9.17, 15) is 0 Å². The summed E-state index contributed by atoms with van der Waals surface area (Å²) in [6.07, 6.45) is 0.961. The van der Waals surface area contributed by atoms with Gasteiger partial charge in [0.1, 0.15) is 0 Å². The van der Waals surface area contributed by atoms with E-state index in [0.29, 0.717) is 0 Å². The molecule has 0 radical (unpaired) electrons. The van der Waals surface area contributed by atoms with Gasteiger partial charge in [0.2, 0.25) is 5.96 Å². The molecule has 0 aliphatic carbocycles. The minimum absolute atomic E-state index is 0.172. The van der Waals surface area contributed by atoms with Crippen molar-refractivity contribution >= 4 is 5.96 Å². The zero-order valence-electron chi connectivity index (χ0n) is 9.31. The van der Waals surface area contributed by atoms with Gasteiger partial charge in [-0.2, -0.15) is 0 Å². The van der Waals surface area contributed by atoms with E-state index in [0.717, 1.165) is 6.42 Å². The van der Waals surface area contributed by atoms with E-state index >= 15 is 0 Å². The molecular weight excluding hydrogens is 164 g/mol. The first kappa shape index (κ1) is 12.2. The molecule has 0 saturated carbocycles. The number of hydrogen-bond acceptors (Lipinski definition) is 2. The largest absolute Gasteiger partial charge is 0.369 e. The van der Waals surface area contributed by atoms with Crippen LogP contribution in [0.5, 0.6) is 0 Å². The average Bonchev–Trinajstić information content (AvgIpc) is 1.80. The topological polar surface area (TPSA) is 76.4 Å². The van der Waals surface area contributed by atoms with Crippen molar-refractivity contribution in [3.05, 3.63) is 0 Å². The van der Waals surface area contributed by atoms with E-state index < -0.39 is 0 Å². The van der Waals surface area contributed by atoms with Gasteiger partial charge in [-0.3, -0.25) is 5.43 Å². The summed E-state index contributed by atoms with van der Waals surface area (Å²) >= 11 is 0. The fourth-order valence-corrected chi connectivity index (χ4v) is 1.70. The second-order valence-electron chi connectivity index (χ2n) is 5.19. The van der Waals surface area contributed by atoms with Crippen molar-refractivity contribution in [3.8, 4) is 0 Å². The number of hydrazine groups is 1. The van der Waals surface area contributed by atoms with Crippen molar-refractivity contribution in [2.75, 3.05) is 0 Å². The molecule has 13 heavy (non-hydrogen) atoms. The fraction of sp³-hybridized carbons (Fsp3) is 0.889. The highest BCUT2D eigenvalue weighted by Crippen LogP contribution is 2.29. The predicted molar refractivity (Wildman–Crippen MR) is 57.1 cm³/mol. The lowest BCUT2D eigenvalue weighted by Gasteiger charge is -2.29. The minimum Gasteiger partial charge on any atom is -0.369 e. The third kappa shape index (κ3) is 6.40. The monoisotopic (exact) mass is 186 g/mol. The van der Waals surface area contributed by atoms with Gasteiger partial charge in [0.15, 0.2) is 0 Å². The van der Waals surface area contributed by atoms with Crippen LogP contribution in [0.3, 0.4) is 0 Å². The summed E-state index contributed by atoms with van der Waals surface area (Å²) in [5.74, 6) is 5.42. The van der Waals surface area contributed by atoms with E-state index in [4.69, 9.17) is 11.6 Å². The van der Waals surface area contributed by atoms with Crippen LogP contribution in [0.15, 0.2) is 4.99 Å². The highest BCUT2D eigenvalue weighted by molar-refractivity contribution is 5.77. The third-order valence-electron chi connectivity index (χ3n) is 1.53. The summed E-state index contributed by atoms with van der Waals surface area (Å²) in [6, 6.07) is 0. The summed E-state index contributed by atoms with van der Waals surface area (Å²) < 4.78 is 0. The Kier molecular flexibility index (Phi) is 3.72. The van der Waals surface area contributed by atoms with Gasteiger partial charge >= 0.3 is 0 Å². The van der Waals surface area contributed by atoms with Gasteiger partial charge in [-0.25, -0.2) is 10.8 Å². The lowest BCUT2D eigenvalue weighted by molar-refractivity contribution is 0.288. The molecule has 0 amide bonds. The van der Waals surface area contributed by atoms with Gasteiger partial charge in [0.05, 0.1) is 5.54 Å². The first-order chi connectivity index (χ1) is 5.66. The van der Waals surface area contributed by atoms with Crippen molar-refractivity contribution in [1.29, 1.82) is 0 Å². The molecule has 0 aromatic carbocycles. The number of guanidine groups is 1. The molecule has 5 N–H and O–H groups in total.